The van der Waals surface area contributed by atoms with Crippen LogP contribution < -0.4 is 24.6 Å². The Kier molecular flexibility index (Phi) is 8.32. The number of carbonyl (C=O) groups is 2. The number of fused-ring (bicyclic) bond motifs is 1. The zero-order valence-corrected chi connectivity index (χ0v) is 26.2. The van der Waals surface area contributed by atoms with Gasteiger partial charge in [-0.15, -0.1) is 0 Å². The lowest BCUT2D eigenvalue weighted by molar-refractivity contribution is -0.138. The van der Waals surface area contributed by atoms with Crippen LogP contribution in [0.15, 0.2) is 105 Å². The fourth-order valence-corrected chi connectivity index (χ4v) is 6.46. The number of hydrogen-bond acceptors (Lipinski definition) is 8. The first kappa shape index (κ1) is 30.0. The Balaban J connectivity index is 1.53. The largest absolute Gasteiger partial charge is 0.491 e. The maximum absolute atomic E-state index is 14.2. The fraction of sp³-hybridized carbons (Fsp3) is 0.229. The highest BCUT2D eigenvalue weighted by atomic mass is 32.1. The smallest absolute Gasteiger partial charge is 0.338 e. The number of hydrazone groups is 1. The topological polar surface area (TPSA) is 103 Å². The van der Waals surface area contributed by atoms with Crippen molar-refractivity contribution >= 4 is 46.4 Å². The molecule has 3 aromatic carbocycles. The van der Waals surface area contributed by atoms with Crippen LogP contribution in [0.3, 0.4) is 0 Å². The summed E-state index contributed by atoms with van der Waals surface area (Å²) in [6.07, 6.45) is 1.64. The molecule has 6 rings (SSSR count). The van der Waals surface area contributed by atoms with Gasteiger partial charge < -0.3 is 9.47 Å². The van der Waals surface area contributed by atoms with Crippen molar-refractivity contribution in [1.82, 2.24) is 4.57 Å². The Hall–Kier alpha value is -5.09. The molecule has 3 heterocycles. The highest BCUT2D eigenvalue weighted by Gasteiger charge is 2.37. The molecule has 228 valence electrons. The second kappa shape index (κ2) is 12.5. The number of anilines is 1. The number of nitrogens with zero attached hydrogens (tertiary/aromatic N) is 4. The van der Waals surface area contributed by atoms with Crippen LogP contribution in [-0.4, -0.2) is 34.9 Å². The lowest BCUT2D eigenvalue weighted by Crippen LogP contribution is -2.40. The number of aromatic nitrogens is 1. The SMILES string of the molecule is CCOC(=O)C1=C(c2ccccc2)N=c2s/c(=C\[C@@H]3C(=O)N(c4ccccc4)N=C3C)c(=O)n2[C@H]1c1ccc(OC(C)C)cc1. The molecule has 0 N–H and O–H groups in total. The molecular weight excluding hydrogens is 588 g/mol. The van der Waals surface area contributed by atoms with Gasteiger partial charge in [0, 0.05) is 5.56 Å². The van der Waals surface area contributed by atoms with Crippen molar-refractivity contribution in [3.05, 3.63) is 121 Å². The normalized spacial score (nSPS) is 18.2. The van der Waals surface area contributed by atoms with E-state index >= 15 is 0 Å². The zero-order chi connectivity index (χ0) is 31.7. The number of hydrogen-bond donors (Lipinski definition) is 0. The number of amides is 1. The maximum atomic E-state index is 14.2. The molecule has 0 bridgehead atoms. The van der Waals surface area contributed by atoms with Crippen LogP contribution in [0.4, 0.5) is 5.69 Å². The van der Waals surface area contributed by atoms with E-state index in [1.54, 1.807) is 19.9 Å². The predicted octanol–water partition coefficient (Wildman–Crippen LogP) is 4.71. The Labute approximate surface area is 264 Å². The molecule has 0 aliphatic carbocycles. The van der Waals surface area contributed by atoms with E-state index in [4.69, 9.17) is 14.5 Å². The van der Waals surface area contributed by atoms with Gasteiger partial charge >= 0.3 is 5.97 Å². The number of benzene rings is 3. The zero-order valence-electron chi connectivity index (χ0n) is 25.3. The Morgan fingerprint density at radius 1 is 0.978 bits per heavy atom. The molecule has 2 aliphatic rings. The summed E-state index contributed by atoms with van der Waals surface area (Å²) in [5.74, 6) is -0.868. The predicted molar refractivity (Wildman–Crippen MR) is 175 cm³/mol. The van der Waals surface area contributed by atoms with Gasteiger partial charge in [-0.2, -0.15) is 10.1 Å². The van der Waals surface area contributed by atoms with Gasteiger partial charge in [-0.1, -0.05) is 72.0 Å². The number of para-hydroxylation sites is 1. The summed E-state index contributed by atoms with van der Waals surface area (Å²) >= 11 is 1.18. The third kappa shape index (κ3) is 5.76. The van der Waals surface area contributed by atoms with Crippen molar-refractivity contribution < 1.29 is 19.1 Å². The molecule has 10 heteroatoms. The van der Waals surface area contributed by atoms with Gasteiger partial charge in [0.05, 0.1) is 46.0 Å². The second-order valence-corrected chi connectivity index (χ2v) is 11.9. The highest BCUT2D eigenvalue weighted by Crippen LogP contribution is 2.36. The fourth-order valence-electron chi connectivity index (χ4n) is 5.45. The number of thiazole rings is 1. The number of rotatable bonds is 8. The molecule has 45 heavy (non-hydrogen) atoms. The molecule has 1 amide bonds. The van der Waals surface area contributed by atoms with Gasteiger partial charge in [-0.3, -0.25) is 14.2 Å². The van der Waals surface area contributed by atoms with E-state index in [-0.39, 0.29) is 29.8 Å². The summed E-state index contributed by atoms with van der Waals surface area (Å²) < 4.78 is 13.3. The summed E-state index contributed by atoms with van der Waals surface area (Å²) in [5.41, 5.74) is 2.95. The van der Waals surface area contributed by atoms with Gasteiger partial charge in [0.1, 0.15) is 11.7 Å². The Morgan fingerprint density at radius 2 is 1.64 bits per heavy atom. The Bertz CT molecular complexity index is 1990. The van der Waals surface area contributed by atoms with Gasteiger partial charge in [0.2, 0.25) is 0 Å². The van der Waals surface area contributed by atoms with E-state index in [1.165, 1.54) is 20.9 Å². The van der Waals surface area contributed by atoms with Gasteiger partial charge in [0.15, 0.2) is 4.80 Å². The van der Waals surface area contributed by atoms with E-state index in [9.17, 15) is 14.4 Å². The van der Waals surface area contributed by atoms with E-state index < -0.39 is 17.9 Å². The van der Waals surface area contributed by atoms with Crippen LogP contribution in [0.2, 0.25) is 0 Å². The lowest BCUT2D eigenvalue weighted by Gasteiger charge is -2.26. The molecule has 1 aromatic heterocycles. The number of carbonyl (C=O) groups excluding carboxylic acids is 2. The third-order valence-electron chi connectivity index (χ3n) is 7.44. The van der Waals surface area contributed by atoms with Crippen LogP contribution in [0.25, 0.3) is 11.8 Å². The van der Waals surface area contributed by atoms with Gasteiger partial charge in [0.25, 0.3) is 11.5 Å². The minimum atomic E-state index is -0.833. The summed E-state index contributed by atoms with van der Waals surface area (Å²) in [6.45, 7) is 7.56. The van der Waals surface area contributed by atoms with E-state index in [0.717, 1.165) is 5.56 Å². The van der Waals surface area contributed by atoms with Crippen molar-refractivity contribution in [2.75, 3.05) is 11.6 Å². The molecule has 0 saturated heterocycles. The van der Waals surface area contributed by atoms with Crippen molar-refractivity contribution in [3.63, 3.8) is 0 Å². The van der Waals surface area contributed by atoms with Crippen molar-refractivity contribution in [1.29, 1.82) is 0 Å². The molecular formula is C35H32N4O5S. The lowest BCUT2D eigenvalue weighted by atomic mass is 9.93. The molecule has 0 saturated carbocycles. The standard InChI is InChI=1S/C35H32N4O5S/c1-5-43-34(42)29-30(23-12-8-6-9-13-23)36-35-38(31(29)24-16-18-26(19-17-24)44-21(2)3)33(41)28(45-35)20-27-22(4)37-39(32(27)40)25-14-10-7-11-15-25/h6-21,27,31H,5H2,1-4H3/b28-20-/t27-,31-/m0/s1. The van der Waals surface area contributed by atoms with Crippen LogP contribution in [0, 0.1) is 5.92 Å². The maximum Gasteiger partial charge on any atom is 0.338 e. The molecule has 4 aromatic rings. The number of ether oxygens (including phenoxy) is 2. The van der Waals surface area contributed by atoms with E-state index in [0.29, 0.717) is 37.7 Å². The minimum Gasteiger partial charge on any atom is -0.491 e. The Morgan fingerprint density at radius 3 is 2.29 bits per heavy atom. The van der Waals surface area contributed by atoms with Crippen LogP contribution in [-0.2, 0) is 14.3 Å². The molecule has 0 fully saturated rings. The second-order valence-electron chi connectivity index (χ2n) is 10.9. The molecule has 0 spiro atoms. The molecule has 2 aliphatic heterocycles. The highest BCUT2D eigenvalue weighted by molar-refractivity contribution is 7.07. The van der Waals surface area contributed by atoms with Crippen LogP contribution >= 0.6 is 11.3 Å². The molecule has 9 nitrogen and oxygen atoms in total. The minimum absolute atomic E-state index is 0.0173. The summed E-state index contributed by atoms with van der Waals surface area (Å²) in [5, 5.41) is 5.85. The van der Waals surface area contributed by atoms with Crippen molar-refractivity contribution in [2.45, 2.75) is 39.8 Å². The third-order valence-corrected chi connectivity index (χ3v) is 8.44. The summed E-state index contributed by atoms with van der Waals surface area (Å²) in [7, 11) is 0. The number of esters is 1. The first-order valence-corrected chi connectivity index (χ1v) is 15.6. The quantitative estimate of drug-likeness (QED) is 0.266. The van der Waals surface area contributed by atoms with Gasteiger partial charge in [-0.05, 0) is 63.6 Å². The van der Waals surface area contributed by atoms with Gasteiger partial charge in [-0.25, -0.2) is 9.79 Å². The molecule has 2 atom stereocenters. The first-order valence-electron chi connectivity index (χ1n) is 14.8. The average molecular weight is 621 g/mol. The van der Waals surface area contributed by atoms with E-state index in [1.807, 2.05) is 98.8 Å². The molecule has 0 radical (unpaired) electrons. The monoisotopic (exact) mass is 620 g/mol. The van der Waals surface area contributed by atoms with Crippen molar-refractivity contribution in [3.8, 4) is 5.75 Å². The van der Waals surface area contributed by atoms with E-state index in [2.05, 4.69) is 5.10 Å². The average Bonchev–Trinajstić information content (AvgIpc) is 3.51. The van der Waals surface area contributed by atoms with Crippen LogP contribution in [0.5, 0.6) is 5.75 Å². The van der Waals surface area contributed by atoms with Crippen LogP contribution in [0.1, 0.15) is 44.9 Å². The first-order chi connectivity index (χ1) is 21.8. The van der Waals surface area contributed by atoms with Crippen molar-refractivity contribution in [2.24, 2.45) is 16.0 Å². The summed E-state index contributed by atoms with van der Waals surface area (Å²) in [4.78, 5) is 46.7. The summed E-state index contributed by atoms with van der Waals surface area (Å²) in [6, 6.07) is 25.1. The molecule has 0 unspecified atom stereocenters.